The molecule has 1 heterocycles. The fourth-order valence-corrected chi connectivity index (χ4v) is 2.97. The van der Waals surface area contributed by atoms with Crippen LogP contribution in [-0.2, 0) is 5.75 Å². The van der Waals surface area contributed by atoms with Gasteiger partial charge < -0.3 is 5.32 Å². The van der Waals surface area contributed by atoms with Crippen LogP contribution in [0.4, 0.5) is 9.52 Å². The van der Waals surface area contributed by atoms with Crippen molar-refractivity contribution < 1.29 is 4.39 Å². The van der Waals surface area contributed by atoms with Gasteiger partial charge in [-0.2, -0.15) is 0 Å². The maximum Gasteiger partial charge on any atom is 0.205 e. The molecule has 0 saturated heterocycles. The van der Waals surface area contributed by atoms with Gasteiger partial charge in [-0.15, -0.1) is 22.0 Å². The molecule has 0 radical (unpaired) electrons. The Morgan fingerprint density at radius 2 is 2.18 bits per heavy atom. The Labute approximate surface area is 107 Å². The monoisotopic (exact) mass is 269 g/mol. The summed E-state index contributed by atoms with van der Waals surface area (Å²) in [6.45, 7) is 2.84. The Kier molecular flexibility index (Phi) is 4.33. The third kappa shape index (κ3) is 3.41. The average Bonchev–Trinajstić information content (AvgIpc) is 2.76. The second kappa shape index (κ2) is 5.97. The van der Waals surface area contributed by atoms with E-state index >= 15 is 0 Å². The maximum atomic E-state index is 13.4. The molecule has 0 aliphatic carbocycles. The molecule has 0 fully saturated rings. The van der Waals surface area contributed by atoms with Gasteiger partial charge in [0.25, 0.3) is 0 Å². The molecule has 2 aromatic rings. The first-order valence-corrected chi connectivity index (χ1v) is 7.03. The fraction of sp³-hybridized carbons (Fsp3) is 0.273. The number of halogens is 1. The minimum absolute atomic E-state index is 0.186. The number of anilines is 1. The van der Waals surface area contributed by atoms with E-state index in [0.717, 1.165) is 16.7 Å². The highest BCUT2D eigenvalue weighted by molar-refractivity contribution is 7.98. The van der Waals surface area contributed by atoms with E-state index in [-0.39, 0.29) is 5.82 Å². The van der Waals surface area contributed by atoms with Crippen molar-refractivity contribution in [3.8, 4) is 0 Å². The highest BCUT2D eigenvalue weighted by Crippen LogP contribution is 2.27. The van der Waals surface area contributed by atoms with Crippen molar-refractivity contribution in [3.63, 3.8) is 0 Å². The molecule has 1 aromatic carbocycles. The fourth-order valence-electron chi connectivity index (χ4n) is 1.24. The Hall–Kier alpha value is -1.14. The number of hydrogen-bond donors (Lipinski definition) is 1. The van der Waals surface area contributed by atoms with Crippen LogP contribution in [0.15, 0.2) is 29.2 Å². The second-order valence-electron chi connectivity index (χ2n) is 3.25. The molecular formula is C11H12FN3S2. The van der Waals surface area contributed by atoms with Crippen LogP contribution in [0.2, 0.25) is 0 Å². The summed E-state index contributed by atoms with van der Waals surface area (Å²) < 4.78 is 13.4. The van der Waals surface area contributed by atoms with Crippen molar-refractivity contribution in [1.29, 1.82) is 0 Å². The first-order chi connectivity index (χ1) is 8.29. The number of rotatable bonds is 5. The Morgan fingerprint density at radius 1 is 1.35 bits per heavy atom. The molecule has 3 nitrogen and oxygen atoms in total. The predicted octanol–water partition coefficient (Wildman–Crippen LogP) is 3.40. The average molecular weight is 269 g/mol. The van der Waals surface area contributed by atoms with Crippen molar-refractivity contribution in [1.82, 2.24) is 10.2 Å². The number of nitrogens with zero attached hydrogens (tertiary/aromatic N) is 2. The van der Waals surface area contributed by atoms with Crippen LogP contribution in [0.3, 0.4) is 0 Å². The van der Waals surface area contributed by atoms with Crippen molar-refractivity contribution in [2.75, 3.05) is 11.9 Å². The van der Waals surface area contributed by atoms with Gasteiger partial charge in [0.05, 0.1) is 5.75 Å². The molecule has 0 aliphatic heterocycles. The number of benzene rings is 1. The van der Waals surface area contributed by atoms with E-state index in [9.17, 15) is 4.39 Å². The van der Waals surface area contributed by atoms with Crippen LogP contribution in [0.5, 0.6) is 0 Å². The molecule has 6 heteroatoms. The minimum Gasteiger partial charge on any atom is -0.360 e. The number of aromatic nitrogens is 2. The van der Waals surface area contributed by atoms with Gasteiger partial charge in [0.2, 0.25) is 5.13 Å². The summed E-state index contributed by atoms with van der Waals surface area (Å²) in [7, 11) is 0. The molecule has 1 N–H and O–H groups in total. The lowest BCUT2D eigenvalue weighted by Gasteiger charge is -1.99. The highest BCUT2D eigenvalue weighted by Gasteiger charge is 2.06. The molecule has 0 aliphatic rings. The molecule has 1 aromatic heterocycles. The molecule has 17 heavy (non-hydrogen) atoms. The zero-order valence-corrected chi connectivity index (χ0v) is 10.9. The van der Waals surface area contributed by atoms with E-state index in [1.165, 1.54) is 29.2 Å². The van der Waals surface area contributed by atoms with Gasteiger partial charge in [0.1, 0.15) is 10.8 Å². The van der Waals surface area contributed by atoms with Gasteiger partial charge in [-0.1, -0.05) is 23.5 Å². The third-order valence-electron chi connectivity index (χ3n) is 1.98. The summed E-state index contributed by atoms with van der Waals surface area (Å²) in [5, 5.41) is 12.8. The largest absolute Gasteiger partial charge is 0.360 e. The van der Waals surface area contributed by atoms with Gasteiger partial charge in [-0.05, 0) is 19.1 Å². The van der Waals surface area contributed by atoms with Gasteiger partial charge in [0, 0.05) is 11.4 Å². The summed E-state index contributed by atoms with van der Waals surface area (Å²) >= 11 is 2.94. The van der Waals surface area contributed by atoms with Gasteiger partial charge >= 0.3 is 0 Å². The van der Waals surface area contributed by atoms with Gasteiger partial charge in [-0.25, -0.2) is 4.39 Å². The normalized spacial score (nSPS) is 10.5. The first kappa shape index (κ1) is 12.3. The van der Waals surface area contributed by atoms with E-state index in [1.807, 2.05) is 13.0 Å². The molecule has 0 saturated carbocycles. The van der Waals surface area contributed by atoms with Crippen molar-refractivity contribution in [2.24, 2.45) is 0 Å². The van der Waals surface area contributed by atoms with E-state index in [0.29, 0.717) is 10.6 Å². The number of thioether (sulfide) groups is 1. The number of nitrogens with one attached hydrogen (secondary N) is 1. The second-order valence-corrected chi connectivity index (χ2v) is 5.33. The van der Waals surface area contributed by atoms with E-state index in [4.69, 9.17) is 0 Å². The lowest BCUT2D eigenvalue weighted by atomic mass is 10.3. The van der Waals surface area contributed by atoms with Gasteiger partial charge in [0.15, 0.2) is 0 Å². The SMILES string of the molecule is CCNc1nnc(CSc2ccccc2F)s1. The molecule has 0 unspecified atom stereocenters. The van der Waals surface area contributed by atoms with Crippen LogP contribution in [-0.4, -0.2) is 16.7 Å². The Bertz CT molecular complexity index is 487. The topological polar surface area (TPSA) is 37.8 Å². The zero-order chi connectivity index (χ0) is 12.1. The summed E-state index contributed by atoms with van der Waals surface area (Å²) in [4.78, 5) is 0.646. The molecular weight excluding hydrogens is 257 g/mol. The van der Waals surface area contributed by atoms with Crippen molar-refractivity contribution in [3.05, 3.63) is 35.1 Å². The molecule has 0 amide bonds. The summed E-state index contributed by atoms with van der Waals surface area (Å²) in [5.41, 5.74) is 0. The molecule has 0 atom stereocenters. The zero-order valence-electron chi connectivity index (χ0n) is 9.31. The number of hydrogen-bond acceptors (Lipinski definition) is 5. The van der Waals surface area contributed by atoms with E-state index < -0.39 is 0 Å². The van der Waals surface area contributed by atoms with Crippen LogP contribution in [0.25, 0.3) is 0 Å². The molecule has 90 valence electrons. The Morgan fingerprint density at radius 3 is 2.94 bits per heavy atom. The predicted molar refractivity (Wildman–Crippen MR) is 70.0 cm³/mol. The summed E-state index contributed by atoms with van der Waals surface area (Å²) in [6, 6.07) is 6.75. The van der Waals surface area contributed by atoms with Crippen LogP contribution in [0, 0.1) is 5.82 Å². The van der Waals surface area contributed by atoms with Crippen LogP contribution >= 0.6 is 23.1 Å². The third-order valence-corrected chi connectivity index (χ3v) is 4.11. The van der Waals surface area contributed by atoms with E-state index in [2.05, 4.69) is 15.5 Å². The van der Waals surface area contributed by atoms with Gasteiger partial charge in [-0.3, -0.25) is 0 Å². The smallest absolute Gasteiger partial charge is 0.205 e. The molecule has 0 bridgehead atoms. The Balaban J connectivity index is 1.95. The lowest BCUT2D eigenvalue weighted by Crippen LogP contribution is -1.94. The lowest BCUT2D eigenvalue weighted by molar-refractivity contribution is 0.602. The van der Waals surface area contributed by atoms with Crippen LogP contribution < -0.4 is 5.32 Å². The first-order valence-electron chi connectivity index (χ1n) is 5.23. The van der Waals surface area contributed by atoms with Crippen molar-refractivity contribution in [2.45, 2.75) is 17.6 Å². The highest BCUT2D eigenvalue weighted by atomic mass is 32.2. The summed E-state index contributed by atoms with van der Waals surface area (Å²) in [6.07, 6.45) is 0. The quantitative estimate of drug-likeness (QED) is 0.844. The maximum absolute atomic E-state index is 13.4. The minimum atomic E-state index is -0.186. The molecule has 0 spiro atoms. The van der Waals surface area contributed by atoms with Crippen molar-refractivity contribution >= 4 is 28.2 Å². The summed E-state index contributed by atoms with van der Waals surface area (Å²) in [5.74, 6) is 0.457. The molecule has 2 rings (SSSR count). The van der Waals surface area contributed by atoms with E-state index in [1.54, 1.807) is 12.1 Å². The van der Waals surface area contributed by atoms with Crippen LogP contribution in [0.1, 0.15) is 11.9 Å². The standard InChI is InChI=1S/C11H12FN3S2/c1-2-13-11-15-14-10(17-11)7-16-9-6-4-3-5-8(9)12/h3-6H,2,7H2,1H3,(H,13,15).